The van der Waals surface area contributed by atoms with Crippen molar-refractivity contribution >= 4 is 12.0 Å². The highest BCUT2D eigenvalue weighted by molar-refractivity contribution is 5.76. The summed E-state index contributed by atoms with van der Waals surface area (Å²) in [5.74, 6) is 0.241. The second-order valence-electron chi connectivity index (χ2n) is 3.16. The molecule has 0 aliphatic rings. The predicted molar refractivity (Wildman–Crippen MR) is 58.4 cm³/mol. The summed E-state index contributed by atoms with van der Waals surface area (Å²) in [6.45, 7) is 1.95. The van der Waals surface area contributed by atoms with Crippen LogP contribution in [-0.4, -0.2) is 18.0 Å². The van der Waals surface area contributed by atoms with E-state index < -0.39 is 0 Å². The van der Waals surface area contributed by atoms with Crippen LogP contribution in [-0.2, 0) is 4.79 Å². The molecular weight excluding hydrogens is 192 g/mol. The molecule has 0 saturated carbocycles. The van der Waals surface area contributed by atoms with Crippen molar-refractivity contribution in [1.82, 2.24) is 4.98 Å². The lowest BCUT2D eigenvalue weighted by atomic mass is 10.1. The molecule has 0 fully saturated rings. The van der Waals surface area contributed by atoms with Gasteiger partial charge in [0.2, 0.25) is 11.8 Å². The number of hydrogen-bond acceptors (Lipinski definition) is 3. The fraction of sp³-hybridized carbons (Fsp3) is 0.273. The molecule has 4 nitrogen and oxygen atoms in total. The molecule has 0 aliphatic heterocycles. The van der Waals surface area contributed by atoms with E-state index in [0.29, 0.717) is 5.88 Å². The summed E-state index contributed by atoms with van der Waals surface area (Å²) in [6, 6.07) is 1.84. The van der Waals surface area contributed by atoms with Crippen molar-refractivity contribution in [3.8, 4) is 5.88 Å². The first kappa shape index (κ1) is 11.2. The van der Waals surface area contributed by atoms with E-state index in [-0.39, 0.29) is 12.3 Å². The van der Waals surface area contributed by atoms with Crippen molar-refractivity contribution in [3.63, 3.8) is 0 Å². The number of carbonyl (C=O) groups excluding carboxylic acids is 1. The van der Waals surface area contributed by atoms with E-state index >= 15 is 0 Å². The molecule has 1 rings (SSSR count). The third-order valence-electron chi connectivity index (χ3n) is 1.95. The molecule has 1 amide bonds. The van der Waals surface area contributed by atoms with Crippen LogP contribution in [0.3, 0.4) is 0 Å². The summed E-state index contributed by atoms with van der Waals surface area (Å²) >= 11 is 0. The Balaban J connectivity index is 2.78. The van der Waals surface area contributed by atoms with Gasteiger partial charge in [-0.1, -0.05) is 12.2 Å². The van der Waals surface area contributed by atoms with E-state index in [0.717, 1.165) is 11.1 Å². The van der Waals surface area contributed by atoms with E-state index in [9.17, 15) is 4.79 Å². The summed E-state index contributed by atoms with van der Waals surface area (Å²) in [5, 5.41) is 0. The molecule has 2 N–H and O–H groups in total. The molecule has 15 heavy (non-hydrogen) atoms. The van der Waals surface area contributed by atoms with Gasteiger partial charge in [0, 0.05) is 18.7 Å². The normalized spacial score (nSPS) is 10.5. The second-order valence-corrected chi connectivity index (χ2v) is 3.16. The highest BCUT2D eigenvalue weighted by atomic mass is 16.5. The summed E-state index contributed by atoms with van der Waals surface area (Å²) in [7, 11) is 1.57. The Morgan fingerprint density at radius 2 is 2.40 bits per heavy atom. The fourth-order valence-corrected chi connectivity index (χ4v) is 1.13. The molecule has 0 bridgehead atoms. The molecule has 1 heterocycles. The van der Waals surface area contributed by atoms with Gasteiger partial charge in [-0.15, -0.1) is 0 Å². The van der Waals surface area contributed by atoms with Gasteiger partial charge >= 0.3 is 0 Å². The van der Waals surface area contributed by atoms with Crippen molar-refractivity contribution < 1.29 is 9.53 Å². The molecule has 80 valence electrons. The van der Waals surface area contributed by atoms with Crippen molar-refractivity contribution in [2.24, 2.45) is 5.73 Å². The van der Waals surface area contributed by atoms with Gasteiger partial charge in [0.15, 0.2) is 0 Å². The maximum atomic E-state index is 10.5. The molecule has 1 aromatic heterocycles. The van der Waals surface area contributed by atoms with Crippen LogP contribution < -0.4 is 10.5 Å². The van der Waals surface area contributed by atoms with Crippen LogP contribution in [0.2, 0.25) is 0 Å². The first-order valence-corrected chi connectivity index (χ1v) is 4.59. The Bertz CT molecular complexity index is 386. The number of methoxy groups -OCH3 is 1. The van der Waals surface area contributed by atoms with Crippen molar-refractivity contribution in [2.45, 2.75) is 13.3 Å². The number of ether oxygens (including phenoxy) is 1. The first-order valence-electron chi connectivity index (χ1n) is 4.59. The lowest BCUT2D eigenvalue weighted by molar-refractivity contribution is -0.117. The van der Waals surface area contributed by atoms with Crippen LogP contribution in [0.5, 0.6) is 5.88 Å². The van der Waals surface area contributed by atoms with Gasteiger partial charge in [-0.3, -0.25) is 4.79 Å². The summed E-state index contributed by atoms with van der Waals surface area (Å²) < 4.78 is 4.98. The Labute approximate surface area is 88.8 Å². The third-order valence-corrected chi connectivity index (χ3v) is 1.95. The van der Waals surface area contributed by atoms with Gasteiger partial charge in [-0.25, -0.2) is 4.98 Å². The average Bonchev–Trinajstić information content (AvgIpc) is 2.20. The fourth-order valence-electron chi connectivity index (χ4n) is 1.13. The van der Waals surface area contributed by atoms with Crippen LogP contribution in [0, 0.1) is 6.92 Å². The topological polar surface area (TPSA) is 65.2 Å². The van der Waals surface area contributed by atoms with Gasteiger partial charge in [-0.05, 0) is 18.1 Å². The molecule has 0 saturated heterocycles. The van der Waals surface area contributed by atoms with E-state index in [1.165, 1.54) is 0 Å². The lowest BCUT2D eigenvalue weighted by Crippen LogP contribution is -2.07. The second kappa shape index (κ2) is 5.14. The Hall–Kier alpha value is -1.84. The van der Waals surface area contributed by atoms with Crippen LogP contribution in [0.4, 0.5) is 0 Å². The minimum atomic E-state index is -0.342. The minimum Gasteiger partial charge on any atom is -0.481 e. The first-order chi connectivity index (χ1) is 7.13. The zero-order valence-electron chi connectivity index (χ0n) is 8.86. The summed E-state index contributed by atoms with van der Waals surface area (Å²) in [5.41, 5.74) is 7.01. The smallest absolute Gasteiger partial charge is 0.221 e. The molecule has 1 aromatic rings. The molecule has 0 unspecified atom stereocenters. The molecule has 0 aliphatic carbocycles. The standard InChI is InChI=1S/C11H14N2O2/c1-8-6-11(15-2)13-7-9(8)4-3-5-10(12)14/h3-4,6-7H,5H2,1-2H3,(H2,12,14). The van der Waals surface area contributed by atoms with Gasteiger partial charge in [0.25, 0.3) is 0 Å². The van der Waals surface area contributed by atoms with E-state index in [4.69, 9.17) is 10.5 Å². The van der Waals surface area contributed by atoms with Crippen molar-refractivity contribution in [2.75, 3.05) is 7.11 Å². The molecule has 0 radical (unpaired) electrons. The number of pyridine rings is 1. The minimum absolute atomic E-state index is 0.242. The third kappa shape index (κ3) is 3.42. The van der Waals surface area contributed by atoms with Crippen LogP contribution >= 0.6 is 0 Å². The number of rotatable bonds is 4. The lowest BCUT2D eigenvalue weighted by Gasteiger charge is -2.02. The monoisotopic (exact) mass is 206 g/mol. The molecule has 4 heteroatoms. The summed E-state index contributed by atoms with van der Waals surface area (Å²) in [6.07, 6.45) is 5.49. The quantitative estimate of drug-likeness (QED) is 0.807. The maximum absolute atomic E-state index is 10.5. The Kier molecular flexibility index (Phi) is 3.85. The zero-order valence-corrected chi connectivity index (χ0v) is 8.86. The molecular formula is C11H14N2O2. The van der Waals surface area contributed by atoms with E-state index in [1.807, 2.05) is 19.1 Å². The van der Waals surface area contributed by atoms with Gasteiger partial charge in [0.05, 0.1) is 7.11 Å². The number of carbonyl (C=O) groups is 1. The number of hydrogen-bond donors (Lipinski definition) is 1. The average molecular weight is 206 g/mol. The number of nitrogens with two attached hydrogens (primary N) is 1. The molecule has 0 spiro atoms. The number of nitrogens with zero attached hydrogens (tertiary/aromatic N) is 1. The highest BCUT2D eigenvalue weighted by Gasteiger charge is 1.98. The maximum Gasteiger partial charge on any atom is 0.221 e. The zero-order chi connectivity index (χ0) is 11.3. The van der Waals surface area contributed by atoms with Gasteiger partial charge in [-0.2, -0.15) is 0 Å². The number of aromatic nitrogens is 1. The van der Waals surface area contributed by atoms with Gasteiger partial charge in [0.1, 0.15) is 0 Å². The summed E-state index contributed by atoms with van der Waals surface area (Å²) in [4.78, 5) is 14.6. The number of amides is 1. The molecule has 0 aromatic carbocycles. The number of aryl methyl sites for hydroxylation is 1. The van der Waals surface area contributed by atoms with Crippen molar-refractivity contribution in [3.05, 3.63) is 29.5 Å². The predicted octanol–water partition coefficient (Wildman–Crippen LogP) is 1.29. The highest BCUT2D eigenvalue weighted by Crippen LogP contribution is 2.14. The van der Waals surface area contributed by atoms with Crippen LogP contribution in [0.1, 0.15) is 17.5 Å². The SMILES string of the molecule is COc1cc(C)c(C=CCC(N)=O)cn1. The Morgan fingerprint density at radius 3 is 2.93 bits per heavy atom. The van der Waals surface area contributed by atoms with Crippen LogP contribution in [0.15, 0.2) is 18.3 Å². The van der Waals surface area contributed by atoms with Crippen LogP contribution in [0.25, 0.3) is 6.08 Å². The number of primary amides is 1. The Morgan fingerprint density at radius 1 is 1.67 bits per heavy atom. The van der Waals surface area contributed by atoms with E-state index in [1.54, 1.807) is 19.4 Å². The largest absolute Gasteiger partial charge is 0.481 e. The van der Waals surface area contributed by atoms with E-state index in [2.05, 4.69) is 4.98 Å². The van der Waals surface area contributed by atoms with Gasteiger partial charge < -0.3 is 10.5 Å². The van der Waals surface area contributed by atoms with Crippen molar-refractivity contribution in [1.29, 1.82) is 0 Å². The molecule has 0 atom stereocenters.